The summed E-state index contributed by atoms with van der Waals surface area (Å²) in [5.74, 6) is -0.216. The number of aromatic amines is 1. The number of H-pyrrole nitrogens is 1. The van der Waals surface area contributed by atoms with Gasteiger partial charge in [0.2, 0.25) is 0 Å². The van der Waals surface area contributed by atoms with Crippen molar-refractivity contribution in [3.05, 3.63) is 18.2 Å². The Morgan fingerprint density at radius 2 is 2.37 bits per heavy atom. The van der Waals surface area contributed by atoms with Gasteiger partial charge >= 0.3 is 5.97 Å². The minimum Gasteiger partial charge on any atom is -0.466 e. The summed E-state index contributed by atoms with van der Waals surface area (Å²) < 4.78 is 4.92. The minimum atomic E-state index is -0.239. The van der Waals surface area contributed by atoms with Crippen LogP contribution in [0.3, 0.4) is 0 Å². The second-order valence-electron chi connectivity index (χ2n) is 4.00. The first-order valence-electron chi connectivity index (χ1n) is 6.27. The summed E-state index contributed by atoms with van der Waals surface area (Å²) in [4.78, 5) is 20.8. The zero-order valence-corrected chi connectivity index (χ0v) is 12.1. The van der Waals surface area contributed by atoms with Crippen LogP contribution in [-0.2, 0) is 9.53 Å². The maximum absolute atomic E-state index is 11.4. The topological polar surface area (TPSA) is 84.2 Å². The lowest BCUT2D eigenvalue weighted by atomic mass is 10.1. The van der Waals surface area contributed by atoms with E-state index in [-0.39, 0.29) is 12.0 Å². The van der Waals surface area contributed by atoms with E-state index in [0.29, 0.717) is 24.6 Å². The number of hydrogen-bond donors (Lipinski definition) is 2. The molecule has 0 amide bonds. The molecule has 7 heteroatoms. The second-order valence-corrected chi connectivity index (χ2v) is 4.47. The van der Waals surface area contributed by atoms with Crippen LogP contribution in [0.5, 0.6) is 0 Å². The van der Waals surface area contributed by atoms with Gasteiger partial charge in [-0.05, 0) is 13.5 Å². The highest BCUT2D eigenvalue weighted by atomic mass is 32.1. The number of hydrogen-bond acceptors (Lipinski definition) is 5. The van der Waals surface area contributed by atoms with E-state index in [0.717, 1.165) is 12.2 Å². The third kappa shape index (κ3) is 4.60. The van der Waals surface area contributed by atoms with E-state index >= 15 is 0 Å². The lowest BCUT2D eigenvalue weighted by Crippen LogP contribution is -2.38. The van der Waals surface area contributed by atoms with Gasteiger partial charge in [-0.3, -0.25) is 9.69 Å². The van der Waals surface area contributed by atoms with Crippen molar-refractivity contribution in [3.63, 3.8) is 0 Å². The van der Waals surface area contributed by atoms with Crippen LogP contribution in [0.4, 0.5) is 0 Å². The quantitative estimate of drug-likeness (QED) is 0.547. The minimum absolute atomic E-state index is 0.216. The molecule has 1 unspecified atom stereocenters. The molecule has 1 heterocycles. The molecule has 0 radical (unpaired) electrons. The summed E-state index contributed by atoms with van der Waals surface area (Å²) in [6, 6.07) is -0.239. The van der Waals surface area contributed by atoms with E-state index in [1.54, 1.807) is 19.4 Å². The second kappa shape index (κ2) is 7.85. The Morgan fingerprint density at radius 3 is 2.84 bits per heavy atom. The maximum Gasteiger partial charge on any atom is 0.307 e. The molecule has 6 nitrogen and oxygen atoms in total. The Kier molecular flexibility index (Phi) is 6.44. The van der Waals surface area contributed by atoms with E-state index in [1.807, 2.05) is 11.8 Å². The van der Waals surface area contributed by atoms with Crippen LogP contribution >= 0.6 is 12.2 Å². The molecule has 0 fully saturated rings. The van der Waals surface area contributed by atoms with Crippen LogP contribution < -0.4 is 5.73 Å². The van der Waals surface area contributed by atoms with Crippen molar-refractivity contribution < 1.29 is 9.53 Å². The van der Waals surface area contributed by atoms with Gasteiger partial charge < -0.3 is 15.5 Å². The zero-order chi connectivity index (χ0) is 14.3. The summed E-state index contributed by atoms with van der Waals surface area (Å²) in [5.41, 5.74) is 6.63. The van der Waals surface area contributed by atoms with E-state index in [9.17, 15) is 4.79 Å². The molecule has 0 spiro atoms. The number of nitrogens with one attached hydrogen (secondary N) is 1. The van der Waals surface area contributed by atoms with Gasteiger partial charge in [0.25, 0.3) is 0 Å². The van der Waals surface area contributed by atoms with E-state index in [1.165, 1.54) is 0 Å². The number of thiocarbonyl (C=S) groups is 1. The van der Waals surface area contributed by atoms with Gasteiger partial charge in [0.15, 0.2) is 0 Å². The molecule has 0 aliphatic carbocycles. The highest BCUT2D eigenvalue weighted by molar-refractivity contribution is 7.80. The summed E-state index contributed by atoms with van der Waals surface area (Å²) in [6.07, 6.45) is 3.59. The molecule has 1 atom stereocenters. The lowest BCUT2D eigenvalue weighted by molar-refractivity contribution is -0.143. The molecule has 1 aromatic heterocycles. The van der Waals surface area contributed by atoms with Crippen molar-refractivity contribution in [2.75, 3.05) is 19.7 Å². The maximum atomic E-state index is 11.4. The summed E-state index contributed by atoms with van der Waals surface area (Å²) in [6.45, 7) is 5.44. The first kappa shape index (κ1) is 15.6. The van der Waals surface area contributed by atoms with Crippen LogP contribution in [0.2, 0.25) is 0 Å². The predicted molar refractivity (Wildman–Crippen MR) is 76.6 cm³/mol. The fourth-order valence-electron chi connectivity index (χ4n) is 1.88. The monoisotopic (exact) mass is 284 g/mol. The summed E-state index contributed by atoms with van der Waals surface area (Å²) in [7, 11) is 0. The first-order valence-corrected chi connectivity index (χ1v) is 6.68. The van der Waals surface area contributed by atoms with Crippen LogP contribution in [0.15, 0.2) is 12.5 Å². The summed E-state index contributed by atoms with van der Waals surface area (Å²) in [5, 5.41) is 0. The standard InChI is InChI=1S/C12H20N4O2S/c1-3-16(6-5-10(17)18-4-2)11(12(13)19)9-7-14-8-15-9/h7-8,11H,3-6H2,1-2H3,(H2,13,19)(H,14,15). The Hall–Kier alpha value is -1.47. The van der Waals surface area contributed by atoms with E-state index < -0.39 is 0 Å². The van der Waals surface area contributed by atoms with Gasteiger partial charge in [0, 0.05) is 12.7 Å². The highest BCUT2D eigenvalue weighted by Gasteiger charge is 2.23. The van der Waals surface area contributed by atoms with Gasteiger partial charge in [-0.2, -0.15) is 0 Å². The number of carbonyl (C=O) groups excluding carboxylic acids is 1. The number of ether oxygens (including phenoxy) is 1. The smallest absolute Gasteiger partial charge is 0.307 e. The Bertz CT molecular complexity index is 408. The number of rotatable bonds is 8. The van der Waals surface area contributed by atoms with Crippen LogP contribution in [0.1, 0.15) is 32.0 Å². The number of nitrogens with two attached hydrogens (primary N) is 1. The third-order valence-electron chi connectivity index (χ3n) is 2.76. The molecule has 1 aromatic rings. The molecule has 0 bridgehead atoms. The lowest BCUT2D eigenvalue weighted by Gasteiger charge is -2.28. The number of imidazole rings is 1. The van der Waals surface area contributed by atoms with Gasteiger partial charge in [0.05, 0.1) is 30.0 Å². The van der Waals surface area contributed by atoms with E-state index in [2.05, 4.69) is 9.97 Å². The van der Waals surface area contributed by atoms with Crippen LogP contribution in [0, 0.1) is 0 Å². The summed E-state index contributed by atoms with van der Waals surface area (Å²) >= 11 is 5.11. The number of aromatic nitrogens is 2. The van der Waals surface area contributed by atoms with Crippen LogP contribution in [0.25, 0.3) is 0 Å². The Balaban J connectivity index is 2.70. The van der Waals surface area contributed by atoms with Crippen molar-refractivity contribution in [1.29, 1.82) is 0 Å². The zero-order valence-electron chi connectivity index (χ0n) is 11.3. The normalized spacial score (nSPS) is 12.4. The molecular weight excluding hydrogens is 264 g/mol. The Labute approximate surface area is 118 Å². The number of esters is 1. The molecule has 0 aliphatic rings. The molecule has 0 aliphatic heterocycles. The molecular formula is C12H20N4O2S. The fraction of sp³-hybridized carbons (Fsp3) is 0.583. The average molecular weight is 284 g/mol. The number of nitrogens with zero attached hydrogens (tertiary/aromatic N) is 2. The van der Waals surface area contributed by atoms with Crippen molar-refractivity contribution in [2.45, 2.75) is 26.3 Å². The predicted octanol–water partition coefficient (Wildman–Crippen LogP) is 1.01. The van der Waals surface area contributed by atoms with Crippen molar-refractivity contribution in [3.8, 4) is 0 Å². The largest absolute Gasteiger partial charge is 0.466 e. The number of carbonyl (C=O) groups is 1. The van der Waals surface area contributed by atoms with Gasteiger partial charge in [0.1, 0.15) is 6.04 Å². The fourth-order valence-corrected chi connectivity index (χ4v) is 2.16. The van der Waals surface area contributed by atoms with Crippen molar-refractivity contribution in [2.24, 2.45) is 5.73 Å². The highest BCUT2D eigenvalue weighted by Crippen LogP contribution is 2.19. The van der Waals surface area contributed by atoms with Gasteiger partial charge in [-0.25, -0.2) is 4.98 Å². The van der Waals surface area contributed by atoms with Crippen molar-refractivity contribution in [1.82, 2.24) is 14.9 Å². The van der Waals surface area contributed by atoms with Crippen LogP contribution in [-0.4, -0.2) is 45.5 Å². The molecule has 0 saturated heterocycles. The SMILES string of the molecule is CCOC(=O)CCN(CC)C(C(N)=S)c1cnc[nH]1. The molecule has 1 rings (SSSR count). The molecule has 0 saturated carbocycles. The van der Waals surface area contributed by atoms with Gasteiger partial charge in [-0.15, -0.1) is 0 Å². The average Bonchev–Trinajstić information content (AvgIpc) is 2.87. The van der Waals surface area contributed by atoms with Crippen molar-refractivity contribution >= 4 is 23.2 Å². The number of likely N-dealkylation sites (N-methyl/N-ethyl adjacent to an activating group) is 1. The van der Waals surface area contributed by atoms with Gasteiger partial charge in [-0.1, -0.05) is 19.1 Å². The molecule has 0 aromatic carbocycles. The third-order valence-corrected chi connectivity index (χ3v) is 2.99. The van der Waals surface area contributed by atoms with E-state index in [4.69, 9.17) is 22.7 Å². The molecule has 3 N–H and O–H groups in total. The molecule has 106 valence electrons. The first-order chi connectivity index (χ1) is 9.10. The Morgan fingerprint density at radius 1 is 1.63 bits per heavy atom. The molecule has 19 heavy (non-hydrogen) atoms.